The van der Waals surface area contributed by atoms with Gasteiger partial charge in [0.1, 0.15) is 28.3 Å². The van der Waals surface area contributed by atoms with Gasteiger partial charge in [0.05, 0.1) is 0 Å². The quantitative estimate of drug-likeness (QED) is 0.375. The van der Waals surface area contributed by atoms with Crippen molar-refractivity contribution in [3.63, 3.8) is 0 Å². The summed E-state index contributed by atoms with van der Waals surface area (Å²) in [5, 5.41) is 0. The van der Waals surface area contributed by atoms with Gasteiger partial charge in [-0.25, -0.2) is 0 Å². The van der Waals surface area contributed by atoms with E-state index in [0.717, 1.165) is 46.8 Å². The molecule has 0 unspecified atom stereocenters. The standard InChI is InChI=1S/C24H22Cl2O2/c1-2-7-20-17-22(12-13-23(20)27-15-14-24(25)26)28-21-11-6-10-19(16-21)18-8-4-3-5-9-18/h3-6,8-14,16-17H,2,7,15H2,1H3. The molecule has 0 bridgehead atoms. The van der Waals surface area contributed by atoms with E-state index in [1.165, 1.54) is 0 Å². The first-order chi connectivity index (χ1) is 13.7. The second-order valence-electron chi connectivity index (χ2n) is 6.32. The summed E-state index contributed by atoms with van der Waals surface area (Å²) < 4.78 is 12.1. The average molecular weight is 413 g/mol. The van der Waals surface area contributed by atoms with Crippen LogP contribution in [-0.4, -0.2) is 6.61 Å². The minimum Gasteiger partial charge on any atom is -0.489 e. The van der Waals surface area contributed by atoms with Crippen molar-refractivity contribution in [2.75, 3.05) is 6.61 Å². The zero-order chi connectivity index (χ0) is 19.8. The van der Waals surface area contributed by atoms with Crippen LogP contribution in [0.25, 0.3) is 11.1 Å². The smallest absolute Gasteiger partial charge is 0.128 e. The van der Waals surface area contributed by atoms with E-state index < -0.39 is 0 Å². The van der Waals surface area contributed by atoms with Crippen molar-refractivity contribution < 1.29 is 9.47 Å². The molecule has 28 heavy (non-hydrogen) atoms. The van der Waals surface area contributed by atoms with Crippen molar-refractivity contribution in [2.24, 2.45) is 0 Å². The fraction of sp³-hybridized carbons (Fsp3) is 0.167. The molecule has 144 valence electrons. The van der Waals surface area contributed by atoms with E-state index >= 15 is 0 Å². The van der Waals surface area contributed by atoms with Gasteiger partial charge in [-0.3, -0.25) is 0 Å². The summed E-state index contributed by atoms with van der Waals surface area (Å²) in [6.45, 7) is 2.47. The summed E-state index contributed by atoms with van der Waals surface area (Å²) in [5.74, 6) is 2.40. The third-order valence-corrected chi connectivity index (χ3v) is 4.51. The average Bonchev–Trinajstić information content (AvgIpc) is 2.70. The fourth-order valence-electron chi connectivity index (χ4n) is 2.93. The molecule has 0 aliphatic heterocycles. The van der Waals surface area contributed by atoms with E-state index in [1.54, 1.807) is 6.08 Å². The highest BCUT2D eigenvalue weighted by molar-refractivity contribution is 6.55. The van der Waals surface area contributed by atoms with Gasteiger partial charge in [-0.05, 0) is 59.5 Å². The minimum absolute atomic E-state index is 0.204. The van der Waals surface area contributed by atoms with Gasteiger partial charge in [0.15, 0.2) is 0 Å². The van der Waals surface area contributed by atoms with Gasteiger partial charge in [-0.1, -0.05) is 79.0 Å². The second-order valence-corrected chi connectivity index (χ2v) is 7.33. The van der Waals surface area contributed by atoms with Crippen LogP contribution in [0, 0.1) is 0 Å². The number of rotatable bonds is 8. The summed E-state index contributed by atoms with van der Waals surface area (Å²) in [7, 11) is 0. The van der Waals surface area contributed by atoms with Gasteiger partial charge >= 0.3 is 0 Å². The molecule has 0 N–H and O–H groups in total. The van der Waals surface area contributed by atoms with Crippen LogP contribution in [0.15, 0.2) is 83.4 Å². The predicted octanol–water partition coefficient (Wildman–Crippen LogP) is 7.80. The van der Waals surface area contributed by atoms with Crippen LogP contribution in [0.4, 0.5) is 0 Å². The molecule has 0 saturated carbocycles. The molecule has 0 radical (unpaired) electrons. The normalized spacial score (nSPS) is 10.4. The molecule has 3 rings (SSSR count). The van der Waals surface area contributed by atoms with Crippen molar-refractivity contribution in [1.82, 2.24) is 0 Å². The van der Waals surface area contributed by atoms with E-state index in [9.17, 15) is 0 Å². The number of ether oxygens (including phenoxy) is 2. The third kappa shape index (κ3) is 5.79. The molecular formula is C24H22Cl2O2. The monoisotopic (exact) mass is 412 g/mol. The Labute approximate surface area is 176 Å². The highest BCUT2D eigenvalue weighted by atomic mass is 35.5. The van der Waals surface area contributed by atoms with Crippen LogP contribution >= 0.6 is 23.2 Å². The van der Waals surface area contributed by atoms with Crippen LogP contribution in [0.2, 0.25) is 0 Å². The number of aryl methyl sites for hydroxylation is 1. The van der Waals surface area contributed by atoms with Gasteiger partial charge in [-0.2, -0.15) is 0 Å². The van der Waals surface area contributed by atoms with Gasteiger partial charge in [-0.15, -0.1) is 0 Å². The lowest BCUT2D eigenvalue weighted by Crippen LogP contribution is -1.98. The van der Waals surface area contributed by atoms with Crippen molar-refractivity contribution in [1.29, 1.82) is 0 Å². The molecule has 0 aromatic heterocycles. The van der Waals surface area contributed by atoms with Gasteiger partial charge in [0.2, 0.25) is 0 Å². The van der Waals surface area contributed by atoms with Crippen molar-refractivity contribution >= 4 is 23.2 Å². The Balaban J connectivity index is 1.78. The van der Waals surface area contributed by atoms with Crippen LogP contribution in [0.1, 0.15) is 18.9 Å². The first kappa shape index (κ1) is 20.3. The van der Waals surface area contributed by atoms with Gasteiger partial charge < -0.3 is 9.47 Å². The van der Waals surface area contributed by atoms with Crippen LogP contribution in [0.5, 0.6) is 17.2 Å². The Kier molecular flexibility index (Phi) is 7.41. The summed E-state index contributed by atoms with van der Waals surface area (Å²) in [6, 6.07) is 24.2. The molecule has 0 aliphatic carbocycles. The Morgan fingerprint density at radius 2 is 1.61 bits per heavy atom. The predicted molar refractivity (Wildman–Crippen MR) is 118 cm³/mol. The number of halogens is 2. The maximum Gasteiger partial charge on any atom is 0.128 e. The Morgan fingerprint density at radius 3 is 2.36 bits per heavy atom. The lowest BCUT2D eigenvalue weighted by atomic mass is 10.1. The molecule has 0 amide bonds. The molecule has 0 atom stereocenters. The summed E-state index contributed by atoms with van der Waals surface area (Å²) >= 11 is 11.3. The topological polar surface area (TPSA) is 18.5 Å². The van der Waals surface area contributed by atoms with Crippen LogP contribution in [0.3, 0.4) is 0 Å². The van der Waals surface area contributed by atoms with Gasteiger partial charge in [0, 0.05) is 0 Å². The molecule has 0 aliphatic rings. The van der Waals surface area contributed by atoms with E-state index in [1.807, 2.05) is 54.6 Å². The summed E-state index contributed by atoms with van der Waals surface area (Å²) in [5.41, 5.74) is 3.38. The van der Waals surface area contributed by atoms with Crippen molar-refractivity contribution in [2.45, 2.75) is 19.8 Å². The van der Waals surface area contributed by atoms with Crippen LogP contribution < -0.4 is 9.47 Å². The van der Waals surface area contributed by atoms with E-state index in [4.69, 9.17) is 32.7 Å². The Morgan fingerprint density at radius 1 is 0.857 bits per heavy atom. The second kappa shape index (κ2) is 10.2. The van der Waals surface area contributed by atoms with Crippen molar-refractivity contribution in [3.8, 4) is 28.4 Å². The third-order valence-electron chi connectivity index (χ3n) is 4.20. The summed E-state index contributed by atoms with van der Waals surface area (Å²) in [6.07, 6.45) is 3.53. The summed E-state index contributed by atoms with van der Waals surface area (Å²) in [4.78, 5) is 0. The van der Waals surface area contributed by atoms with Gasteiger partial charge in [0.25, 0.3) is 0 Å². The maximum absolute atomic E-state index is 6.12. The van der Waals surface area contributed by atoms with E-state index in [-0.39, 0.29) is 4.49 Å². The highest BCUT2D eigenvalue weighted by Crippen LogP contribution is 2.31. The van der Waals surface area contributed by atoms with Crippen molar-refractivity contribution in [3.05, 3.63) is 88.9 Å². The lowest BCUT2D eigenvalue weighted by molar-refractivity contribution is 0.357. The molecule has 3 aromatic rings. The number of hydrogen-bond acceptors (Lipinski definition) is 2. The zero-order valence-corrected chi connectivity index (χ0v) is 17.2. The maximum atomic E-state index is 6.12. The molecule has 0 heterocycles. The molecular weight excluding hydrogens is 391 g/mol. The SMILES string of the molecule is CCCc1cc(Oc2cccc(-c3ccccc3)c2)ccc1OCC=C(Cl)Cl. The zero-order valence-electron chi connectivity index (χ0n) is 15.7. The molecule has 0 spiro atoms. The fourth-order valence-corrected chi connectivity index (χ4v) is 3.05. The first-order valence-corrected chi connectivity index (χ1v) is 10.0. The number of benzene rings is 3. The largest absolute Gasteiger partial charge is 0.489 e. The molecule has 3 aromatic carbocycles. The van der Waals surface area contributed by atoms with E-state index in [2.05, 4.69) is 25.1 Å². The lowest BCUT2D eigenvalue weighted by Gasteiger charge is -2.13. The molecule has 0 fully saturated rings. The molecule has 2 nitrogen and oxygen atoms in total. The Hall–Kier alpha value is -2.42. The van der Waals surface area contributed by atoms with E-state index in [0.29, 0.717) is 6.61 Å². The van der Waals surface area contributed by atoms with Crippen LogP contribution in [-0.2, 0) is 6.42 Å². The molecule has 4 heteroatoms. The molecule has 0 saturated heterocycles. The first-order valence-electron chi connectivity index (χ1n) is 9.26. The minimum atomic E-state index is 0.204. The highest BCUT2D eigenvalue weighted by Gasteiger charge is 2.07. The Bertz CT molecular complexity index is 932. The number of hydrogen-bond donors (Lipinski definition) is 0.